The van der Waals surface area contributed by atoms with Gasteiger partial charge in [0.1, 0.15) is 34.5 Å². The zero-order chi connectivity index (χ0) is 22.1. The predicted octanol–water partition coefficient (Wildman–Crippen LogP) is 5.21. The highest BCUT2D eigenvalue weighted by molar-refractivity contribution is 14.1. The van der Waals surface area contributed by atoms with Crippen molar-refractivity contribution < 1.29 is 14.0 Å². The maximum atomic E-state index is 5.53. The molecule has 0 radical (unpaired) electrons. The van der Waals surface area contributed by atoms with Crippen LogP contribution in [-0.2, 0) is 6.54 Å². The molecule has 1 aromatic carbocycles. The van der Waals surface area contributed by atoms with Crippen LogP contribution in [0.5, 0.6) is 11.5 Å². The first-order valence-corrected chi connectivity index (χ1v) is 11.0. The van der Waals surface area contributed by atoms with Crippen LogP contribution in [0.1, 0.15) is 31.2 Å². The fourth-order valence-corrected chi connectivity index (χ4v) is 3.92. The molecule has 3 heterocycles. The molecule has 4 aromatic rings. The van der Waals surface area contributed by atoms with Crippen molar-refractivity contribution in [1.29, 1.82) is 0 Å². The van der Waals surface area contributed by atoms with Crippen LogP contribution >= 0.6 is 22.6 Å². The molecule has 9 heteroatoms. The molecule has 0 aliphatic rings. The number of pyridine rings is 1. The van der Waals surface area contributed by atoms with Crippen LogP contribution in [0.4, 0.5) is 5.82 Å². The molecule has 0 atom stereocenters. The highest BCUT2D eigenvalue weighted by Crippen LogP contribution is 2.36. The molecule has 0 saturated carbocycles. The van der Waals surface area contributed by atoms with Gasteiger partial charge in [0.05, 0.1) is 28.7 Å². The molecular weight excluding hydrogens is 509 g/mol. The summed E-state index contributed by atoms with van der Waals surface area (Å²) in [5.41, 5.74) is 3.45. The Labute approximate surface area is 194 Å². The third-order valence-corrected chi connectivity index (χ3v) is 6.34. The normalized spacial score (nSPS) is 11.3. The molecule has 0 bridgehead atoms. The number of hydrogen-bond acceptors (Lipinski definition) is 7. The minimum Gasteiger partial charge on any atom is -0.497 e. The Hall–Kier alpha value is -2.82. The number of aryl methyl sites for hydroxylation is 1. The first-order valence-electron chi connectivity index (χ1n) is 9.88. The highest BCUT2D eigenvalue weighted by atomic mass is 127. The van der Waals surface area contributed by atoms with Crippen LogP contribution in [0.2, 0.25) is 0 Å². The van der Waals surface area contributed by atoms with E-state index < -0.39 is 0 Å². The summed E-state index contributed by atoms with van der Waals surface area (Å²) in [6, 6.07) is 7.92. The number of halogens is 1. The van der Waals surface area contributed by atoms with Crippen molar-refractivity contribution in [2.75, 3.05) is 19.5 Å². The van der Waals surface area contributed by atoms with Gasteiger partial charge in [0.15, 0.2) is 0 Å². The van der Waals surface area contributed by atoms with Gasteiger partial charge in [0, 0.05) is 30.4 Å². The van der Waals surface area contributed by atoms with Gasteiger partial charge in [-0.05, 0) is 61.6 Å². The highest BCUT2D eigenvalue weighted by Gasteiger charge is 2.23. The summed E-state index contributed by atoms with van der Waals surface area (Å²) in [5, 5.41) is 13.5. The van der Waals surface area contributed by atoms with E-state index in [1.807, 2.05) is 35.9 Å². The van der Waals surface area contributed by atoms with Gasteiger partial charge >= 0.3 is 0 Å². The monoisotopic (exact) mass is 533 g/mol. The van der Waals surface area contributed by atoms with E-state index in [0.29, 0.717) is 6.54 Å². The number of aromatic nitrogens is 4. The summed E-state index contributed by atoms with van der Waals surface area (Å²) in [7, 11) is 3.29. The molecule has 0 aliphatic heterocycles. The maximum absolute atomic E-state index is 5.53. The number of anilines is 1. The van der Waals surface area contributed by atoms with Gasteiger partial charge in [-0.25, -0.2) is 4.98 Å². The van der Waals surface area contributed by atoms with E-state index in [1.165, 1.54) is 0 Å². The predicted molar refractivity (Wildman–Crippen MR) is 128 cm³/mol. The molecule has 8 nitrogen and oxygen atoms in total. The number of ether oxygens (including phenoxy) is 2. The van der Waals surface area contributed by atoms with Crippen LogP contribution < -0.4 is 14.8 Å². The van der Waals surface area contributed by atoms with Crippen molar-refractivity contribution in [1.82, 2.24) is 19.9 Å². The fraction of sp³-hybridized carbons (Fsp3) is 0.318. The minimum atomic E-state index is 0.179. The van der Waals surface area contributed by atoms with E-state index in [2.05, 4.69) is 51.9 Å². The first-order chi connectivity index (χ1) is 14.9. The van der Waals surface area contributed by atoms with Crippen LogP contribution in [0, 0.1) is 10.5 Å². The summed E-state index contributed by atoms with van der Waals surface area (Å²) in [6.45, 7) is 6.63. The van der Waals surface area contributed by atoms with Crippen molar-refractivity contribution in [3.63, 3.8) is 0 Å². The summed E-state index contributed by atoms with van der Waals surface area (Å²) in [4.78, 5) is 4.62. The fourth-order valence-electron chi connectivity index (χ4n) is 3.47. The number of benzene rings is 1. The van der Waals surface area contributed by atoms with Gasteiger partial charge in [0.2, 0.25) is 0 Å². The molecule has 0 saturated heterocycles. The van der Waals surface area contributed by atoms with Crippen molar-refractivity contribution in [2.24, 2.45) is 0 Å². The average Bonchev–Trinajstić information content (AvgIpc) is 3.32. The summed E-state index contributed by atoms with van der Waals surface area (Å²) in [5.74, 6) is 2.99. The van der Waals surface area contributed by atoms with Gasteiger partial charge in [-0.2, -0.15) is 5.10 Å². The molecule has 31 heavy (non-hydrogen) atoms. The molecule has 0 aliphatic carbocycles. The lowest BCUT2D eigenvalue weighted by Gasteiger charge is -2.12. The number of hydrogen-bond donors (Lipinski definition) is 1. The van der Waals surface area contributed by atoms with Crippen molar-refractivity contribution in [2.45, 2.75) is 33.4 Å². The summed E-state index contributed by atoms with van der Waals surface area (Å²) < 4.78 is 19.2. The molecular formula is C22H24IN5O3. The number of methoxy groups -OCH3 is 2. The Bertz CT molecular complexity index is 1230. The Morgan fingerprint density at radius 3 is 2.61 bits per heavy atom. The second-order valence-corrected chi connectivity index (χ2v) is 8.45. The lowest BCUT2D eigenvalue weighted by atomic mass is 10.1. The summed E-state index contributed by atoms with van der Waals surface area (Å²) in [6.07, 6.45) is 1.79. The SMILES string of the molecule is COc1ccc(CNc2nccc3c2c(-c2noc(C)c2I)nn3C(C)C)c(OC)c1. The standard InChI is InChI=1S/C22H24IN5O3/c1-12(2)28-16-8-9-24-22(18(16)20(26-28)21-19(23)13(3)31-27-21)25-11-14-6-7-15(29-4)10-17(14)30-5/h6-10,12H,11H2,1-5H3,(H,24,25). The van der Waals surface area contributed by atoms with Crippen LogP contribution in [0.15, 0.2) is 35.0 Å². The topological polar surface area (TPSA) is 87.2 Å². The lowest BCUT2D eigenvalue weighted by molar-refractivity contribution is 0.391. The minimum absolute atomic E-state index is 0.179. The Morgan fingerprint density at radius 1 is 1.16 bits per heavy atom. The van der Waals surface area contributed by atoms with E-state index in [0.717, 1.165) is 54.5 Å². The van der Waals surface area contributed by atoms with E-state index in [1.54, 1.807) is 20.4 Å². The van der Waals surface area contributed by atoms with Crippen LogP contribution in [0.25, 0.3) is 22.3 Å². The quantitative estimate of drug-likeness (QED) is 0.327. The Morgan fingerprint density at radius 2 is 1.97 bits per heavy atom. The molecule has 0 amide bonds. The Kier molecular flexibility index (Phi) is 6.03. The second kappa shape index (κ2) is 8.74. The van der Waals surface area contributed by atoms with Gasteiger partial charge < -0.3 is 19.3 Å². The third-order valence-electron chi connectivity index (χ3n) is 5.07. The third kappa shape index (κ3) is 3.93. The molecule has 0 spiro atoms. The number of nitrogens with zero attached hydrogens (tertiary/aromatic N) is 4. The second-order valence-electron chi connectivity index (χ2n) is 7.37. The average molecular weight is 533 g/mol. The first kappa shape index (κ1) is 21.4. The number of rotatable bonds is 7. The maximum Gasteiger partial charge on any atom is 0.148 e. The zero-order valence-corrected chi connectivity index (χ0v) is 20.2. The van der Waals surface area contributed by atoms with Gasteiger partial charge in [-0.1, -0.05) is 5.16 Å². The molecule has 4 rings (SSSR count). The van der Waals surface area contributed by atoms with Crippen molar-refractivity contribution in [3.05, 3.63) is 45.4 Å². The van der Waals surface area contributed by atoms with E-state index in [4.69, 9.17) is 19.1 Å². The molecule has 162 valence electrons. The summed E-state index contributed by atoms with van der Waals surface area (Å²) >= 11 is 2.25. The van der Waals surface area contributed by atoms with E-state index in [-0.39, 0.29) is 6.04 Å². The molecule has 0 unspecified atom stereocenters. The largest absolute Gasteiger partial charge is 0.497 e. The number of nitrogens with one attached hydrogen (secondary N) is 1. The van der Waals surface area contributed by atoms with Gasteiger partial charge in [-0.3, -0.25) is 4.68 Å². The smallest absolute Gasteiger partial charge is 0.148 e. The number of fused-ring (bicyclic) bond motifs is 1. The van der Waals surface area contributed by atoms with E-state index >= 15 is 0 Å². The van der Waals surface area contributed by atoms with Crippen LogP contribution in [-0.4, -0.2) is 34.1 Å². The molecule has 1 N–H and O–H groups in total. The van der Waals surface area contributed by atoms with Crippen molar-refractivity contribution in [3.8, 4) is 22.9 Å². The molecule has 3 aromatic heterocycles. The lowest BCUT2D eigenvalue weighted by Crippen LogP contribution is -2.05. The van der Waals surface area contributed by atoms with E-state index in [9.17, 15) is 0 Å². The Balaban J connectivity index is 1.79. The van der Waals surface area contributed by atoms with Gasteiger partial charge in [-0.15, -0.1) is 0 Å². The van der Waals surface area contributed by atoms with Crippen LogP contribution in [0.3, 0.4) is 0 Å². The van der Waals surface area contributed by atoms with Crippen molar-refractivity contribution >= 4 is 39.3 Å². The zero-order valence-electron chi connectivity index (χ0n) is 18.1. The molecule has 0 fully saturated rings. The van der Waals surface area contributed by atoms with Gasteiger partial charge in [0.25, 0.3) is 0 Å².